The fourth-order valence-corrected chi connectivity index (χ4v) is 10.4. The molecular formula is C37H51ClN4O6S. The monoisotopic (exact) mass is 714 g/mol. The van der Waals surface area contributed by atoms with Gasteiger partial charge in [-0.15, -0.1) is 0 Å². The second kappa shape index (κ2) is 13.9. The van der Waals surface area contributed by atoms with Gasteiger partial charge in [0.15, 0.2) is 17.9 Å². The van der Waals surface area contributed by atoms with Gasteiger partial charge in [-0.2, -0.15) is 0 Å². The van der Waals surface area contributed by atoms with E-state index in [9.17, 15) is 13.2 Å². The number of carbonyl (C=O) groups is 1. The second-order valence-electron chi connectivity index (χ2n) is 15.5. The van der Waals surface area contributed by atoms with Gasteiger partial charge in [-0.3, -0.25) is 4.79 Å². The number of nitrogens with one attached hydrogen (secondary N) is 1. The van der Waals surface area contributed by atoms with Gasteiger partial charge in [0.05, 0.1) is 31.1 Å². The van der Waals surface area contributed by atoms with E-state index in [0.717, 1.165) is 62.9 Å². The van der Waals surface area contributed by atoms with Crippen LogP contribution in [0, 0.1) is 23.7 Å². The molecular weight excluding hydrogens is 664 g/mol. The van der Waals surface area contributed by atoms with Crippen molar-refractivity contribution in [3.05, 3.63) is 52.2 Å². The third kappa shape index (κ3) is 6.95. The summed E-state index contributed by atoms with van der Waals surface area (Å²) in [6.07, 6.45) is 7.32. The predicted octanol–water partition coefficient (Wildman–Crippen LogP) is 5.42. The van der Waals surface area contributed by atoms with Crippen LogP contribution in [-0.4, -0.2) is 88.8 Å². The number of amides is 1. The van der Waals surface area contributed by atoms with Gasteiger partial charge in [0.25, 0.3) is 5.91 Å². The Morgan fingerprint density at radius 2 is 1.82 bits per heavy atom. The number of sulfonamides is 1. The molecule has 2 aliphatic carbocycles. The molecule has 12 heteroatoms. The Balaban J connectivity index is 1.26. The van der Waals surface area contributed by atoms with Gasteiger partial charge in [0, 0.05) is 29.4 Å². The summed E-state index contributed by atoms with van der Waals surface area (Å²) >= 11 is 6.46. The number of carbonyl (C=O) groups excluding carboxylic acids is 1. The Morgan fingerprint density at radius 1 is 1.02 bits per heavy atom. The standard InChI is InChI=1S/C37H51ClN4O6S/c1-23-7-5-9-30(36-46-19-28(20-47-36)41(3)4)29-12-10-26(29)18-42-21-37(16-6-8-25-17-27(38)11-13-31(25)37)22-48-33-15-14-32(39-34(33)42)35(43)40-49(44,45)24(23)2/h11,13-15,17,23-24,26,28-30,36H,5-10,12,16,18-22H2,1-4H3,(H,40,43)/t23-,24+,26-,28?,29+,30-,36?,37-/m0/s1. The van der Waals surface area contributed by atoms with Gasteiger partial charge < -0.3 is 24.0 Å². The summed E-state index contributed by atoms with van der Waals surface area (Å²) in [5.41, 5.74) is 2.30. The third-order valence-electron chi connectivity index (χ3n) is 12.3. The number of halogens is 1. The van der Waals surface area contributed by atoms with Gasteiger partial charge in [0.1, 0.15) is 5.69 Å². The third-order valence-corrected chi connectivity index (χ3v) is 14.4. The first-order valence-corrected chi connectivity index (χ1v) is 20.0. The minimum atomic E-state index is -3.94. The zero-order valence-corrected chi connectivity index (χ0v) is 30.8. The summed E-state index contributed by atoms with van der Waals surface area (Å²) < 4.78 is 48.8. The van der Waals surface area contributed by atoms with Gasteiger partial charge in [-0.05, 0) is 119 Å². The zero-order valence-electron chi connectivity index (χ0n) is 29.2. The van der Waals surface area contributed by atoms with Crippen molar-refractivity contribution in [1.82, 2.24) is 14.6 Å². The first kappa shape index (κ1) is 35.0. The topological polar surface area (TPSA) is 110 Å². The van der Waals surface area contributed by atoms with Crippen molar-refractivity contribution in [2.45, 2.75) is 88.2 Å². The molecule has 1 aromatic carbocycles. The molecule has 1 amide bonds. The van der Waals surface area contributed by atoms with Gasteiger partial charge in [0.2, 0.25) is 10.0 Å². The van der Waals surface area contributed by atoms with Crippen LogP contribution >= 0.6 is 11.6 Å². The number of rotatable bonds is 2. The van der Waals surface area contributed by atoms with Crippen molar-refractivity contribution < 1.29 is 27.4 Å². The highest BCUT2D eigenvalue weighted by atomic mass is 35.5. The average Bonchev–Trinajstić information content (AvgIpc) is 3.21. The van der Waals surface area contributed by atoms with Crippen molar-refractivity contribution in [1.29, 1.82) is 0 Å². The molecule has 4 heterocycles. The van der Waals surface area contributed by atoms with E-state index in [1.807, 2.05) is 13.0 Å². The second-order valence-corrected chi connectivity index (χ2v) is 18.0. The summed E-state index contributed by atoms with van der Waals surface area (Å²) in [5.74, 6) is 1.31. The summed E-state index contributed by atoms with van der Waals surface area (Å²) in [5, 5.41) is -0.00953. The molecule has 1 spiro atoms. The maximum absolute atomic E-state index is 13.5. The van der Waals surface area contributed by atoms with Crippen LogP contribution < -0.4 is 14.4 Å². The van der Waals surface area contributed by atoms with E-state index in [4.69, 9.17) is 30.8 Å². The maximum atomic E-state index is 13.5. The van der Waals surface area contributed by atoms with Crippen LogP contribution in [0.2, 0.25) is 5.02 Å². The SMILES string of the molecule is C[C@@H]1[C@@H](C)CCC[C@H](C2OCC(N(C)C)CO2)[C@@H]2CC[C@H]2CN2C[C@@]3(CCCc4cc(Cl)ccc43)COc3ccc(nc32)C(=O)NS1(=O)=O. The first-order valence-electron chi connectivity index (χ1n) is 18.1. The predicted molar refractivity (Wildman–Crippen MR) is 190 cm³/mol. The van der Waals surface area contributed by atoms with E-state index in [2.05, 4.69) is 40.7 Å². The number of hydrogen-bond acceptors (Lipinski definition) is 9. The van der Waals surface area contributed by atoms with Crippen molar-refractivity contribution in [3.8, 4) is 5.75 Å². The molecule has 10 nitrogen and oxygen atoms in total. The number of nitrogens with zero attached hydrogens (tertiary/aromatic N) is 3. The minimum absolute atomic E-state index is 0.0668. The van der Waals surface area contributed by atoms with E-state index in [0.29, 0.717) is 49.8 Å². The molecule has 2 fully saturated rings. The largest absolute Gasteiger partial charge is 0.489 e. The Hall–Kier alpha value is -2.44. The number of benzene rings is 1. The van der Waals surface area contributed by atoms with Crippen molar-refractivity contribution in [2.75, 3.05) is 51.9 Å². The molecule has 49 heavy (non-hydrogen) atoms. The van der Waals surface area contributed by atoms with Crippen LogP contribution in [0.25, 0.3) is 0 Å². The van der Waals surface area contributed by atoms with Crippen LogP contribution in [0.4, 0.5) is 5.82 Å². The van der Waals surface area contributed by atoms with Crippen LogP contribution in [0.1, 0.15) is 80.4 Å². The van der Waals surface area contributed by atoms with E-state index < -0.39 is 21.2 Å². The lowest BCUT2D eigenvalue weighted by Gasteiger charge is -2.49. The molecule has 0 radical (unpaired) electrons. The number of aromatic nitrogens is 1. The molecule has 1 aromatic heterocycles. The lowest BCUT2D eigenvalue weighted by Crippen LogP contribution is -2.52. The Kier molecular flexibility index (Phi) is 9.95. The molecule has 3 aliphatic heterocycles. The number of pyridine rings is 1. The summed E-state index contributed by atoms with van der Waals surface area (Å²) in [4.78, 5) is 22.8. The fraction of sp³-hybridized carbons (Fsp3) is 0.676. The van der Waals surface area contributed by atoms with Gasteiger partial charge in [-0.1, -0.05) is 31.0 Å². The maximum Gasteiger partial charge on any atom is 0.283 e. The quantitative estimate of drug-likeness (QED) is 0.436. The van der Waals surface area contributed by atoms with Crippen molar-refractivity contribution >= 4 is 33.3 Å². The molecule has 2 bridgehead atoms. The molecule has 1 saturated carbocycles. The summed E-state index contributed by atoms with van der Waals surface area (Å²) in [6, 6.07) is 9.80. The van der Waals surface area contributed by atoms with Crippen molar-refractivity contribution in [3.63, 3.8) is 0 Å². The fourth-order valence-electron chi connectivity index (χ4n) is 8.87. The summed E-state index contributed by atoms with van der Waals surface area (Å²) in [7, 11) is 0.167. The number of likely N-dealkylation sites (N-methyl/N-ethyl adjacent to an activating group) is 1. The number of anilines is 1. The number of fused-ring (bicyclic) bond motifs is 4. The molecule has 0 unspecified atom stereocenters. The lowest BCUT2D eigenvalue weighted by atomic mass is 9.64. The summed E-state index contributed by atoms with van der Waals surface area (Å²) in [6.45, 7) is 6.81. The van der Waals surface area contributed by atoms with Crippen molar-refractivity contribution in [2.24, 2.45) is 23.7 Å². The molecule has 6 atom stereocenters. The number of hydrogen-bond donors (Lipinski definition) is 1. The Labute approximate surface area is 296 Å². The average molecular weight is 715 g/mol. The molecule has 2 aromatic rings. The highest BCUT2D eigenvalue weighted by Crippen LogP contribution is 2.48. The van der Waals surface area contributed by atoms with Crippen LogP contribution in [0.15, 0.2) is 30.3 Å². The van der Waals surface area contributed by atoms with E-state index in [-0.39, 0.29) is 35.3 Å². The van der Waals surface area contributed by atoms with Gasteiger partial charge >= 0.3 is 0 Å². The van der Waals surface area contributed by atoms with E-state index >= 15 is 0 Å². The molecule has 1 saturated heterocycles. The van der Waals surface area contributed by atoms with Crippen LogP contribution in [0.5, 0.6) is 5.75 Å². The minimum Gasteiger partial charge on any atom is -0.489 e. The van der Waals surface area contributed by atoms with Gasteiger partial charge in [-0.25, -0.2) is 18.1 Å². The highest BCUT2D eigenvalue weighted by molar-refractivity contribution is 7.90. The van der Waals surface area contributed by atoms with E-state index in [1.165, 1.54) is 11.1 Å². The number of ether oxygens (including phenoxy) is 3. The highest BCUT2D eigenvalue weighted by Gasteiger charge is 2.47. The van der Waals surface area contributed by atoms with E-state index in [1.54, 1.807) is 19.1 Å². The molecule has 7 rings (SSSR count). The molecule has 1 N–H and O–H groups in total. The smallest absolute Gasteiger partial charge is 0.283 e. The lowest BCUT2D eigenvalue weighted by molar-refractivity contribution is -0.240. The Morgan fingerprint density at radius 3 is 2.55 bits per heavy atom. The normalized spacial score (nSPS) is 34.9. The zero-order chi connectivity index (χ0) is 34.5. The van der Waals surface area contributed by atoms with Crippen LogP contribution in [0.3, 0.4) is 0 Å². The Bertz CT molecular complexity index is 1650. The first-order chi connectivity index (χ1) is 23.4. The number of aryl methyl sites for hydroxylation is 1. The molecule has 5 aliphatic rings. The molecule has 268 valence electrons. The van der Waals surface area contributed by atoms with Crippen LogP contribution in [-0.2, 0) is 31.3 Å².